The van der Waals surface area contributed by atoms with Crippen LogP contribution in [0.15, 0.2) is 24.7 Å². The molecule has 0 radical (unpaired) electrons. The van der Waals surface area contributed by atoms with Gasteiger partial charge in [0.05, 0.1) is 17.3 Å². The number of rotatable bonds is 2. The third kappa shape index (κ3) is 2.26. The smallest absolute Gasteiger partial charge is 0.270 e. The van der Waals surface area contributed by atoms with Gasteiger partial charge in [-0.25, -0.2) is 0 Å². The fourth-order valence-electron chi connectivity index (χ4n) is 2.61. The van der Waals surface area contributed by atoms with Crippen LogP contribution in [0.4, 0.5) is 0 Å². The number of hydrogen-bond donors (Lipinski definition) is 1. The first-order chi connectivity index (χ1) is 9.15. The lowest BCUT2D eigenvalue weighted by atomic mass is 10.1. The van der Waals surface area contributed by atoms with Crippen LogP contribution in [0.3, 0.4) is 0 Å². The van der Waals surface area contributed by atoms with Crippen LogP contribution in [-0.2, 0) is 7.05 Å². The van der Waals surface area contributed by atoms with E-state index in [-0.39, 0.29) is 11.9 Å². The lowest BCUT2D eigenvalue weighted by molar-refractivity contribution is 0.0730. The average molecular weight is 279 g/mol. The molecule has 1 amide bonds. The number of hydrogen-bond acceptors (Lipinski definition) is 2. The Bertz CT molecular complexity index is 603. The first-order valence-electron chi connectivity index (χ1n) is 6.28. The molecule has 1 aliphatic heterocycles. The Balaban J connectivity index is 1.85. The highest BCUT2D eigenvalue weighted by atomic mass is 35.5. The van der Waals surface area contributed by atoms with Crippen molar-refractivity contribution in [3.63, 3.8) is 0 Å². The minimum Gasteiger partial charge on any atom is -0.356 e. The molecule has 100 valence electrons. The fourth-order valence-corrected chi connectivity index (χ4v) is 2.78. The SMILES string of the molecule is Cn1cc([C@@H]2CCCN2C(=O)c2cc(Cl)c[nH]2)cn1. The number of aryl methyl sites for hydroxylation is 1. The summed E-state index contributed by atoms with van der Waals surface area (Å²) in [6.45, 7) is 0.773. The summed E-state index contributed by atoms with van der Waals surface area (Å²) in [6, 6.07) is 1.78. The summed E-state index contributed by atoms with van der Waals surface area (Å²) < 4.78 is 1.77. The molecule has 2 aromatic rings. The van der Waals surface area contributed by atoms with Crippen molar-refractivity contribution in [2.75, 3.05) is 6.54 Å². The van der Waals surface area contributed by atoms with Crippen LogP contribution in [0.2, 0.25) is 5.02 Å². The van der Waals surface area contributed by atoms with Gasteiger partial charge in [0.25, 0.3) is 5.91 Å². The maximum absolute atomic E-state index is 12.5. The largest absolute Gasteiger partial charge is 0.356 e. The lowest BCUT2D eigenvalue weighted by Crippen LogP contribution is -2.30. The zero-order chi connectivity index (χ0) is 13.4. The summed E-state index contributed by atoms with van der Waals surface area (Å²) in [5.74, 6) is -0.00162. The maximum Gasteiger partial charge on any atom is 0.270 e. The van der Waals surface area contributed by atoms with Crippen molar-refractivity contribution in [2.45, 2.75) is 18.9 Å². The molecule has 3 rings (SSSR count). The summed E-state index contributed by atoms with van der Waals surface area (Å²) in [4.78, 5) is 17.3. The van der Waals surface area contributed by atoms with Gasteiger partial charge in [-0.3, -0.25) is 9.48 Å². The van der Waals surface area contributed by atoms with Gasteiger partial charge in [0.15, 0.2) is 0 Å². The zero-order valence-electron chi connectivity index (χ0n) is 10.6. The number of nitrogens with one attached hydrogen (secondary N) is 1. The van der Waals surface area contributed by atoms with Gasteiger partial charge in [-0.1, -0.05) is 11.6 Å². The predicted octanol–water partition coefficient (Wildman–Crippen LogP) is 2.38. The Hall–Kier alpha value is -1.75. The molecular formula is C13H15ClN4O. The van der Waals surface area contributed by atoms with Gasteiger partial charge >= 0.3 is 0 Å². The molecule has 1 fully saturated rings. The van der Waals surface area contributed by atoms with E-state index in [2.05, 4.69) is 10.1 Å². The van der Waals surface area contributed by atoms with E-state index in [0.717, 1.165) is 24.9 Å². The molecular weight excluding hydrogens is 264 g/mol. The Morgan fingerprint density at radius 3 is 3.05 bits per heavy atom. The first kappa shape index (κ1) is 12.3. The van der Waals surface area contributed by atoms with Crippen LogP contribution in [0.25, 0.3) is 0 Å². The molecule has 0 saturated carbocycles. The Morgan fingerprint density at radius 2 is 2.42 bits per heavy atom. The second-order valence-electron chi connectivity index (χ2n) is 4.84. The van der Waals surface area contributed by atoms with Crippen molar-refractivity contribution < 1.29 is 4.79 Å². The number of carbonyl (C=O) groups excluding carboxylic acids is 1. The number of nitrogens with zero attached hydrogens (tertiary/aromatic N) is 3. The van der Waals surface area contributed by atoms with Crippen molar-refractivity contribution in [2.24, 2.45) is 7.05 Å². The number of carbonyl (C=O) groups is 1. The molecule has 0 unspecified atom stereocenters. The van der Waals surface area contributed by atoms with Gasteiger partial charge in [-0.2, -0.15) is 5.10 Å². The standard InChI is InChI=1S/C13H15ClN4O/c1-17-8-9(6-16-17)12-3-2-4-18(12)13(19)11-5-10(14)7-15-11/h5-8,12,15H,2-4H2,1H3/t12-/m0/s1. The molecule has 0 aliphatic carbocycles. The Morgan fingerprint density at radius 1 is 1.58 bits per heavy atom. The van der Waals surface area contributed by atoms with E-state index < -0.39 is 0 Å². The van der Waals surface area contributed by atoms with E-state index in [0.29, 0.717) is 10.7 Å². The van der Waals surface area contributed by atoms with Gasteiger partial charge in [-0.15, -0.1) is 0 Å². The normalized spacial score (nSPS) is 19.1. The second kappa shape index (κ2) is 4.74. The Kier molecular flexibility index (Phi) is 3.06. The molecule has 1 atom stereocenters. The van der Waals surface area contributed by atoms with Crippen LogP contribution in [0, 0.1) is 0 Å². The van der Waals surface area contributed by atoms with E-state index in [9.17, 15) is 4.79 Å². The van der Waals surface area contributed by atoms with Crippen molar-refractivity contribution in [3.8, 4) is 0 Å². The molecule has 0 spiro atoms. The average Bonchev–Trinajstić information content (AvgIpc) is 3.07. The highest BCUT2D eigenvalue weighted by molar-refractivity contribution is 6.30. The highest BCUT2D eigenvalue weighted by Crippen LogP contribution is 2.32. The quantitative estimate of drug-likeness (QED) is 0.917. The van der Waals surface area contributed by atoms with E-state index in [1.54, 1.807) is 16.9 Å². The number of halogens is 1. The van der Waals surface area contributed by atoms with Gasteiger partial charge < -0.3 is 9.88 Å². The van der Waals surface area contributed by atoms with E-state index in [1.165, 1.54) is 0 Å². The van der Waals surface area contributed by atoms with Gasteiger partial charge in [0.2, 0.25) is 0 Å². The summed E-state index contributed by atoms with van der Waals surface area (Å²) in [7, 11) is 1.88. The maximum atomic E-state index is 12.5. The molecule has 2 aromatic heterocycles. The number of likely N-dealkylation sites (tertiary alicyclic amines) is 1. The third-order valence-corrected chi connectivity index (χ3v) is 3.72. The molecule has 1 aliphatic rings. The molecule has 0 aromatic carbocycles. The van der Waals surface area contributed by atoms with Gasteiger partial charge in [-0.05, 0) is 18.9 Å². The highest BCUT2D eigenvalue weighted by Gasteiger charge is 2.31. The summed E-state index contributed by atoms with van der Waals surface area (Å²) >= 11 is 5.85. The monoisotopic (exact) mass is 278 g/mol. The van der Waals surface area contributed by atoms with Crippen molar-refractivity contribution in [3.05, 3.63) is 40.9 Å². The number of amides is 1. The summed E-state index contributed by atoms with van der Waals surface area (Å²) in [6.07, 6.45) is 7.42. The van der Waals surface area contributed by atoms with E-state index in [4.69, 9.17) is 11.6 Å². The molecule has 1 N–H and O–H groups in total. The fraction of sp³-hybridized carbons (Fsp3) is 0.385. The van der Waals surface area contributed by atoms with Gasteiger partial charge in [0, 0.05) is 31.5 Å². The van der Waals surface area contributed by atoms with Crippen molar-refractivity contribution >= 4 is 17.5 Å². The minimum absolute atomic E-state index is 0.00162. The lowest BCUT2D eigenvalue weighted by Gasteiger charge is -2.23. The Labute approximate surface area is 116 Å². The number of aromatic amines is 1. The molecule has 0 bridgehead atoms. The van der Waals surface area contributed by atoms with Crippen molar-refractivity contribution in [1.82, 2.24) is 19.7 Å². The minimum atomic E-state index is -0.00162. The summed E-state index contributed by atoms with van der Waals surface area (Å²) in [5, 5.41) is 4.74. The van der Waals surface area contributed by atoms with Crippen molar-refractivity contribution in [1.29, 1.82) is 0 Å². The topological polar surface area (TPSA) is 53.9 Å². The zero-order valence-corrected chi connectivity index (χ0v) is 11.4. The molecule has 19 heavy (non-hydrogen) atoms. The summed E-state index contributed by atoms with van der Waals surface area (Å²) in [5.41, 5.74) is 1.63. The molecule has 6 heteroatoms. The van der Waals surface area contributed by atoms with Crippen LogP contribution in [0.5, 0.6) is 0 Å². The van der Waals surface area contributed by atoms with Crippen LogP contribution in [-0.4, -0.2) is 32.1 Å². The predicted molar refractivity (Wildman–Crippen MR) is 72.0 cm³/mol. The van der Waals surface area contributed by atoms with E-state index >= 15 is 0 Å². The third-order valence-electron chi connectivity index (χ3n) is 3.50. The number of H-pyrrole nitrogens is 1. The van der Waals surface area contributed by atoms with Crippen LogP contribution >= 0.6 is 11.6 Å². The second-order valence-corrected chi connectivity index (χ2v) is 5.27. The molecule has 1 saturated heterocycles. The van der Waals surface area contributed by atoms with Crippen LogP contribution < -0.4 is 0 Å². The molecule has 3 heterocycles. The molecule has 5 nitrogen and oxygen atoms in total. The first-order valence-corrected chi connectivity index (χ1v) is 6.66. The van der Waals surface area contributed by atoms with Crippen LogP contribution in [0.1, 0.15) is 34.9 Å². The number of aromatic nitrogens is 3. The van der Waals surface area contributed by atoms with E-state index in [1.807, 2.05) is 24.3 Å². The van der Waals surface area contributed by atoms with Gasteiger partial charge in [0.1, 0.15) is 5.69 Å².